The normalized spacial score (nSPS) is 11.0. The van der Waals surface area contributed by atoms with E-state index in [2.05, 4.69) is 10.3 Å². The van der Waals surface area contributed by atoms with Crippen molar-refractivity contribution in [3.63, 3.8) is 0 Å². The van der Waals surface area contributed by atoms with Crippen LogP contribution in [0.3, 0.4) is 0 Å². The third kappa shape index (κ3) is 3.42. The number of hydrogen-bond acceptors (Lipinski definition) is 3. The molecule has 12 heavy (non-hydrogen) atoms. The highest BCUT2D eigenvalue weighted by Crippen LogP contribution is 2.17. The fourth-order valence-corrected chi connectivity index (χ4v) is 1.58. The maximum Gasteiger partial charge on any atom is 0.250 e. The topological polar surface area (TPSA) is 24.9 Å². The predicted octanol–water partition coefficient (Wildman–Crippen LogP) is 2.15. The maximum absolute atomic E-state index is 11.6. The first kappa shape index (κ1) is 9.83. The van der Waals surface area contributed by atoms with Crippen molar-refractivity contribution in [2.24, 2.45) is 0 Å². The number of hydrogen-bond donors (Lipinski definition) is 1. The Bertz CT molecular complexity index is 241. The first-order valence-electron chi connectivity index (χ1n) is 3.27. The van der Waals surface area contributed by atoms with Crippen LogP contribution in [0.1, 0.15) is 5.01 Å². The number of nitrogens with zero attached hydrogens (tertiary/aromatic N) is 1. The van der Waals surface area contributed by atoms with Crippen LogP contribution in [0.5, 0.6) is 0 Å². The Kier molecular flexibility index (Phi) is 3.84. The Morgan fingerprint density at radius 2 is 2.42 bits per heavy atom. The highest BCUT2D eigenvalue weighted by Gasteiger charge is 2.02. The average Bonchev–Trinajstić information content (AvgIpc) is 2.35. The van der Waals surface area contributed by atoms with Crippen LogP contribution in [0.2, 0.25) is 4.34 Å². The van der Waals surface area contributed by atoms with E-state index in [4.69, 9.17) is 11.6 Å². The molecule has 0 radical (unpaired) electrons. The van der Waals surface area contributed by atoms with Gasteiger partial charge in [-0.3, -0.25) is 0 Å². The number of alkyl halides is 2. The zero-order valence-electron chi connectivity index (χ0n) is 6.06. The minimum atomic E-state index is -2.32. The molecular weight excluding hydrogens is 206 g/mol. The summed E-state index contributed by atoms with van der Waals surface area (Å²) in [6.45, 7) is 0.0406. The summed E-state index contributed by atoms with van der Waals surface area (Å²) in [5, 5.41) is 3.28. The van der Waals surface area contributed by atoms with Gasteiger partial charge in [0.25, 0.3) is 6.43 Å². The number of thiazole rings is 1. The molecule has 0 aliphatic rings. The van der Waals surface area contributed by atoms with E-state index in [9.17, 15) is 8.78 Å². The summed E-state index contributed by atoms with van der Waals surface area (Å²) in [7, 11) is 0. The maximum atomic E-state index is 11.6. The molecule has 68 valence electrons. The van der Waals surface area contributed by atoms with Crippen molar-refractivity contribution in [2.45, 2.75) is 13.0 Å². The molecule has 0 amide bonds. The van der Waals surface area contributed by atoms with Crippen LogP contribution >= 0.6 is 22.9 Å². The lowest BCUT2D eigenvalue weighted by Gasteiger charge is -1.99. The summed E-state index contributed by atoms with van der Waals surface area (Å²) in [6.07, 6.45) is -0.813. The molecule has 1 aromatic rings. The van der Waals surface area contributed by atoms with E-state index < -0.39 is 6.43 Å². The van der Waals surface area contributed by atoms with Crippen molar-refractivity contribution in [3.8, 4) is 0 Å². The quantitative estimate of drug-likeness (QED) is 0.828. The number of halogens is 3. The second-order valence-electron chi connectivity index (χ2n) is 2.08. The molecule has 1 rings (SSSR count). The molecule has 0 aromatic carbocycles. The molecular formula is C6H7ClF2N2S. The average molecular weight is 213 g/mol. The zero-order chi connectivity index (χ0) is 8.97. The lowest BCUT2D eigenvalue weighted by molar-refractivity contribution is 0.145. The lowest BCUT2D eigenvalue weighted by Crippen LogP contribution is -2.20. The molecule has 0 unspecified atom stereocenters. The Hall–Kier alpha value is -0.260. The third-order valence-electron chi connectivity index (χ3n) is 1.10. The molecule has 6 heteroatoms. The number of aromatic nitrogens is 1. The third-order valence-corrected chi connectivity index (χ3v) is 2.22. The van der Waals surface area contributed by atoms with Gasteiger partial charge in [0.1, 0.15) is 9.34 Å². The largest absolute Gasteiger partial charge is 0.305 e. The molecule has 0 atom stereocenters. The zero-order valence-corrected chi connectivity index (χ0v) is 7.63. The Morgan fingerprint density at radius 3 is 2.92 bits per heavy atom. The van der Waals surface area contributed by atoms with Crippen molar-refractivity contribution in [1.29, 1.82) is 0 Å². The van der Waals surface area contributed by atoms with Gasteiger partial charge >= 0.3 is 0 Å². The molecule has 0 aliphatic carbocycles. The molecule has 0 spiro atoms. The van der Waals surface area contributed by atoms with Crippen molar-refractivity contribution < 1.29 is 8.78 Å². The van der Waals surface area contributed by atoms with Crippen LogP contribution < -0.4 is 5.32 Å². The van der Waals surface area contributed by atoms with E-state index in [1.165, 1.54) is 17.5 Å². The van der Waals surface area contributed by atoms with Gasteiger partial charge in [-0.2, -0.15) is 0 Å². The van der Waals surface area contributed by atoms with Gasteiger partial charge < -0.3 is 5.32 Å². The fraction of sp³-hybridized carbons (Fsp3) is 0.500. The first-order valence-corrected chi connectivity index (χ1v) is 4.47. The van der Waals surface area contributed by atoms with Gasteiger partial charge in [-0.1, -0.05) is 11.6 Å². The summed E-state index contributed by atoms with van der Waals surface area (Å²) in [5.41, 5.74) is 0. The molecule has 2 nitrogen and oxygen atoms in total. The fourth-order valence-electron chi connectivity index (χ4n) is 0.658. The van der Waals surface area contributed by atoms with E-state index >= 15 is 0 Å². The van der Waals surface area contributed by atoms with E-state index in [1.54, 1.807) is 0 Å². The van der Waals surface area contributed by atoms with Gasteiger partial charge in [0.05, 0.1) is 12.7 Å². The molecule has 1 aromatic heterocycles. The van der Waals surface area contributed by atoms with Crippen LogP contribution in [0.4, 0.5) is 8.78 Å². The van der Waals surface area contributed by atoms with E-state index in [1.807, 2.05) is 0 Å². The highest BCUT2D eigenvalue weighted by atomic mass is 35.5. The summed E-state index contributed by atoms with van der Waals surface area (Å²) in [5.74, 6) is 0. The van der Waals surface area contributed by atoms with Gasteiger partial charge in [0.2, 0.25) is 0 Å². The van der Waals surface area contributed by atoms with Crippen molar-refractivity contribution in [2.75, 3.05) is 6.54 Å². The first-order chi connectivity index (χ1) is 5.68. The molecule has 0 aliphatic heterocycles. The standard InChI is InChI=1S/C6H7ClF2N2S/c7-4-1-11-6(12-4)3-10-2-5(8)9/h1,5,10H,2-3H2. The molecule has 1 heterocycles. The summed E-state index contributed by atoms with van der Waals surface area (Å²) < 4.78 is 23.8. The monoisotopic (exact) mass is 212 g/mol. The van der Waals surface area contributed by atoms with E-state index in [0.29, 0.717) is 10.9 Å². The van der Waals surface area contributed by atoms with Crippen LogP contribution in [0, 0.1) is 0 Å². The molecule has 0 bridgehead atoms. The van der Waals surface area contributed by atoms with E-state index in [0.717, 1.165) is 5.01 Å². The SMILES string of the molecule is FC(F)CNCc1ncc(Cl)s1. The van der Waals surface area contributed by atoms with Gasteiger partial charge in [-0.25, -0.2) is 13.8 Å². The molecule has 0 fully saturated rings. The smallest absolute Gasteiger partial charge is 0.250 e. The minimum absolute atomic E-state index is 0.308. The Balaban J connectivity index is 2.24. The summed E-state index contributed by atoms with van der Waals surface area (Å²) >= 11 is 6.87. The molecule has 0 saturated carbocycles. The second kappa shape index (κ2) is 4.69. The van der Waals surface area contributed by atoms with Crippen LogP contribution in [-0.4, -0.2) is 18.0 Å². The van der Waals surface area contributed by atoms with Crippen molar-refractivity contribution >= 4 is 22.9 Å². The summed E-state index contributed by atoms with van der Waals surface area (Å²) in [4.78, 5) is 3.89. The second-order valence-corrected chi connectivity index (χ2v) is 3.83. The van der Waals surface area contributed by atoms with Crippen LogP contribution in [-0.2, 0) is 6.54 Å². The number of rotatable bonds is 4. The van der Waals surface area contributed by atoms with Crippen LogP contribution in [0.25, 0.3) is 0 Å². The van der Waals surface area contributed by atoms with Gasteiger partial charge in [0, 0.05) is 6.54 Å². The Labute approximate surface area is 77.6 Å². The highest BCUT2D eigenvalue weighted by molar-refractivity contribution is 7.15. The van der Waals surface area contributed by atoms with Gasteiger partial charge in [-0.05, 0) is 0 Å². The lowest BCUT2D eigenvalue weighted by atomic mass is 10.6. The van der Waals surface area contributed by atoms with E-state index in [-0.39, 0.29) is 6.54 Å². The molecule has 1 N–H and O–H groups in total. The van der Waals surface area contributed by atoms with Crippen molar-refractivity contribution in [3.05, 3.63) is 15.5 Å². The van der Waals surface area contributed by atoms with Crippen LogP contribution in [0.15, 0.2) is 6.20 Å². The summed E-state index contributed by atoms with van der Waals surface area (Å²) in [6, 6.07) is 0. The molecule has 0 saturated heterocycles. The number of nitrogens with one attached hydrogen (secondary N) is 1. The van der Waals surface area contributed by atoms with Crippen molar-refractivity contribution in [1.82, 2.24) is 10.3 Å². The minimum Gasteiger partial charge on any atom is -0.305 e. The van der Waals surface area contributed by atoms with Gasteiger partial charge in [-0.15, -0.1) is 11.3 Å². The predicted molar refractivity (Wildman–Crippen MR) is 44.8 cm³/mol. The van der Waals surface area contributed by atoms with Gasteiger partial charge in [0.15, 0.2) is 0 Å². The Morgan fingerprint density at radius 1 is 1.67 bits per heavy atom.